The molecule has 2 aromatic heterocycles. The number of amides is 1. The van der Waals surface area contributed by atoms with Crippen LogP contribution in [-0.2, 0) is 11.5 Å². The van der Waals surface area contributed by atoms with Crippen LogP contribution in [0.1, 0.15) is 41.0 Å². The number of aromatic nitrogens is 2. The van der Waals surface area contributed by atoms with E-state index in [0.717, 1.165) is 47.7 Å². The lowest BCUT2D eigenvalue weighted by molar-refractivity contribution is 0.0724. The quantitative estimate of drug-likeness (QED) is 0.592. The molecule has 3 heterocycles. The highest BCUT2D eigenvalue weighted by Gasteiger charge is 2.18. The number of piperidine rings is 1. The van der Waals surface area contributed by atoms with E-state index in [9.17, 15) is 4.79 Å². The summed E-state index contributed by atoms with van der Waals surface area (Å²) in [6.45, 7) is 1.75. The predicted octanol–water partition coefficient (Wildman–Crippen LogP) is 4.86. The highest BCUT2D eigenvalue weighted by Crippen LogP contribution is 2.24. The minimum Gasteiger partial charge on any atom is -0.339 e. The molecule has 4 rings (SSSR count). The van der Waals surface area contributed by atoms with Gasteiger partial charge in [-0.25, -0.2) is 0 Å². The topological polar surface area (TPSA) is 59.2 Å². The van der Waals surface area contributed by atoms with Crippen molar-refractivity contribution in [2.24, 2.45) is 0 Å². The molecule has 0 radical (unpaired) electrons. The van der Waals surface area contributed by atoms with Crippen LogP contribution in [0.4, 0.5) is 0 Å². The van der Waals surface area contributed by atoms with Gasteiger partial charge in [-0.3, -0.25) is 4.79 Å². The summed E-state index contributed by atoms with van der Waals surface area (Å²) < 4.78 is 5.32. The van der Waals surface area contributed by atoms with Crippen LogP contribution in [0, 0.1) is 0 Å². The molecule has 3 aromatic rings. The lowest BCUT2D eigenvalue weighted by Gasteiger charge is -2.26. The molecule has 5 nitrogen and oxygen atoms in total. The lowest BCUT2D eigenvalue weighted by Crippen LogP contribution is -2.35. The third kappa shape index (κ3) is 4.59. The lowest BCUT2D eigenvalue weighted by atomic mass is 10.1. The molecule has 0 bridgehead atoms. The summed E-state index contributed by atoms with van der Waals surface area (Å²) in [5.74, 6) is 2.92. The second-order valence-electron chi connectivity index (χ2n) is 6.54. The van der Waals surface area contributed by atoms with E-state index in [0.29, 0.717) is 17.5 Å². The smallest absolute Gasteiger partial charge is 0.268 e. The minimum atomic E-state index is 0.153. The van der Waals surface area contributed by atoms with Gasteiger partial charge in [0.1, 0.15) is 0 Å². The van der Waals surface area contributed by atoms with Crippen molar-refractivity contribution in [3.8, 4) is 10.8 Å². The number of benzene rings is 1. The number of hydrogen-bond acceptors (Lipinski definition) is 6. The molecule has 0 atom stereocenters. The summed E-state index contributed by atoms with van der Waals surface area (Å²) in [7, 11) is 0. The van der Waals surface area contributed by atoms with Gasteiger partial charge in [0.25, 0.3) is 11.8 Å². The molecule has 140 valence electrons. The van der Waals surface area contributed by atoms with Gasteiger partial charge in [-0.1, -0.05) is 23.4 Å². The molecule has 1 aliphatic rings. The Bertz CT molecular complexity index is 886. The molecular formula is C20H21N3O2S2. The number of carbonyl (C=O) groups excluding carboxylic acids is 1. The molecule has 1 aliphatic heterocycles. The Morgan fingerprint density at radius 3 is 2.85 bits per heavy atom. The average Bonchev–Trinajstić information content (AvgIpc) is 3.40. The number of hydrogen-bond donors (Lipinski definition) is 0. The summed E-state index contributed by atoms with van der Waals surface area (Å²) in [6.07, 6.45) is 3.45. The van der Waals surface area contributed by atoms with Gasteiger partial charge < -0.3 is 9.42 Å². The number of nitrogens with zero attached hydrogens (tertiary/aromatic N) is 3. The molecule has 1 aromatic carbocycles. The van der Waals surface area contributed by atoms with E-state index in [1.165, 1.54) is 6.42 Å². The first kappa shape index (κ1) is 18.3. The molecule has 7 heteroatoms. The Morgan fingerprint density at radius 2 is 2.04 bits per heavy atom. The first-order valence-corrected chi connectivity index (χ1v) is 11.2. The maximum absolute atomic E-state index is 12.7. The van der Waals surface area contributed by atoms with Gasteiger partial charge >= 0.3 is 0 Å². The van der Waals surface area contributed by atoms with Crippen molar-refractivity contribution in [1.29, 1.82) is 0 Å². The van der Waals surface area contributed by atoms with Gasteiger partial charge in [-0.2, -0.15) is 4.98 Å². The van der Waals surface area contributed by atoms with Gasteiger partial charge in [0, 0.05) is 24.4 Å². The summed E-state index contributed by atoms with van der Waals surface area (Å²) in [5.41, 5.74) is 1.93. The zero-order valence-electron chi connectivity index (χ0n) is 15.0. The van der Waals surface area contributed by atoms with Crippen molar-refractivity contribution in [3.63, 3.8) is 0 Å². The first-order valence-electron chi connectivity index (χ1n) is 9.12. The summed E-state index contributed by atoms with van der Waals surface area (Å²) in [6, 6.07) is 11.9. The van der Waals surface area contributed by atoms with Crippen molar-refractivity contribution in [1.82, 2.24) is 15.0 Å². The van der Waals surface area contributed by atoms with E-state index in [1.807, 2.05) is 40.6 Å². The largest absolute Gasteiger partial charge is 0.339 e. The fraction of sp³-hybridized carbons (Fsp3) is 0.350. The second kappa shape index (κ2) is 8.71. The van der Waals surface area contributed by atoms with Crippen LogP contribution in [0.15, 0.2) is 46.3 Å². The van der Waals surface area contributed by atoms with Crippen molar-refractivity contribution >= 4 is 29.0 Å². The van der Waals surface area contributed by atoms with E-state index in [-0.39, 0.29) is 5.91 Å². The number of thiophene rings is 1. The van der Waals surface area contributed by atoms with Crippen LogP contribution >= 0.6 is 23.1 Å². The zero-order chi connectivity index (χ0) is 18.5. The van der Waals surface area contributed by atoms with Crippen molar-refractivity contribution in [2.45, 2.75) is 30.8 Å². The van der Waals surface area contributed by atoms with E-state index in [1.54, 1.807) is 23.1 Å². The Labute approximate surface area is 166 Å². The third-order valence-electron chi connectivity index (χ3n) is 4.52. The summed E-state index contributed by atoms with van der Waals surface area (Å²) in [5, 5.41) is 6.04. The van der Waals surface area contributed by atoms with Crippen LogP contribution in [0.5, 0.6) is 0 Å². The van der Waals surface area contributed by atoms with Crippen LogP contribution in [0.25, 0.3) is 10.8 Å². The highest BCUT2D eigenvalue weighted by atomic mass is 32.2. The Morgan fingerprint density at radius 1 is 1.15 bits per heavy atom. The molecule has 1 amide bonds. The predicted molar refractivity (Wildman–Crippen MR) is 109 cm³/mol. The number of carbonyl (C=O) groups is 1. The normalized spacial score (nSPS) is 14.4. The van der Waals surface area contributed by atoms with Crippen LogP contribution in [-0.4, -0.2) is 34.0 Å². The van der Waals surface area contributed by atoms with Gasteiger partial charge in [0.2, 0.25) is 0 Å². The van der Waals surface area contributed by atoms with E-state index >= 15 is 0 Å². The van der Waals surface area contributed by atoms with Gasteiger partial charge in [0.05, 0.1) is 10.6 Å². The molecule has 0 saturated carbocycles. The Balaban J connectivity index is 1.33. The first-order chi connectivity index (χ1) is 13.3. The molecule has 0 unspecified atom stereocenters. The summed E-state index contributed by atoms with van der Waals surface area (Å²) >= 11 is 3.31. The van der Waals surface area contributed by atoms with E-state index in [4.69, 9.17) is 4.52 Å². The minimum absolute atomic E-state index is 0.153. The molecule has 1 fully saturated rings. The fourth-order valence-corrected chi connectivity index (χ4v) is 4.61. The number of rotatable bonds is 6. The SMILES string of the molecule is O=C(c1cccc(CSCc2noc(-c3cccs3)n2)c1)N1CCCCC1. The average molecular weight is 400 g/mol. The van der Waals surface area contributed by atoms with Crippen molar-refractivity contribution in [3.05, 3.63) is 58.7 Å². The van der Waals surface area contributed by atoms with Crippen LogP contribution in [0.3, 0.4) is 0 Å². The third-order valence-corrected chi connectivity index (χ3v) is 6.37. The highest BCUT2D eigenvalue weighted by molar-refractivity contribution is 7.97. The van der Waals surface area contributed by atoms with Gasteiger partial charge in [-0.05, 0) is 48.4 Å². The molecule has 1 saturated heterocycles. The second-order valence-corrected chi connectivity index (χ2v) is 8.47. The molecule has 27 heavy (non-hydrogen) atoms. The molecule has 0 N–H and O–H groups in total. The van der Waals surface area contributed by atoms with Crippen LogP contribution < -0.4 is 0 Å². The standard InChI is InChI=1S/C20H21N3O2S2/c24-20(23-9-2-1-3-10-23)16-7-4-6-15(12-16)13-26-14-18-21-19(25-22-18)17-8-5-11-27-17/h4-8,11-12H,1-3,9-10,13-14H2. The zero-order valence-corrected chi connectivity index (χ0v) is 16.6. The monoisotopic (exact) mass is 399 g/mol. The molecule has 0 aliphatic carbocycles. The Kier molecular flexibility index (Phi) is 5.89. The summed E-state index contributed by atoms with van der Waals surface area (Å²) in [4.78, 5) is 20.1. The van der Waals surface area contributed by atoms with Crippen LogP contribution in [0.2, 0.25) is 0 Å². The Hall–Kier alpha value is -2.12. The van der Waals surface area contributed by atoms with Gasteiger partial charge in [-0.15, -0.1) is 23.1 Å². The van der Waals surface area contributed by atoms with Crippen molar-refractivity contribution in [2.75, 3.05) is 13.1 Å². The maximum atomic E-state index is 12.7. The van der Waals surface area contributed by atoms with Gasteiger partial charge in [0.15, 0.2) is 5.82 Å². The van der Waals surface area contributed by atoms with E-state index < -0.39 is 0 Å². The maximum Gasteiger partial charge on any atom is 0.268 e. The molecule has 0 spiro atoms. The number of likely N-dealkylation sites (tertiary alicyclic amines) is 1. The fourth-order valence-electron chi connectivity index (χ4n) is 3.15. The number of thioether (sulfide) groups is 1. The van der Waals surface area contributed by atoms with Crippen molar-refractivity contribution < 1.29 is 9.32 Å². The van der Waals surface area contributed by atoms with E-state index in [2.05, 4.69) is 16.2 Å². The molecular weight excluding hydrogens is 378 g/mol.